The highest BCUT2D eigenvalue weighted by Gasteiger charge is 2.53. The van der Waals surface area contributed by atoms with E-state index in [0.29, 0.717) is 0 Å². The lowest BCUT2D eigenvalue weighted by atomic mass is 9.79. The van der Waals surface area contributed by atoms with Crippen LogP contribution in [0.4, 0.5) is 0 Å². The van der Waals surface area contributed by atoms with Crippen LogP contribution in [0.3, 0.4) is 0 Å². The molecule has 0 aliphatic carbocycles. The van der Waals surface area contributed by atoms with Crippen LogP contribution < -0.4 is 16.4 Å². The van der Waals surface area contributed by atoms with E-state index >= 15 is 0 Å². The molecule has 3 aromatic heterocycles. The van der Waals surface area contributed by atoms with Gasteiger partial charge in [-0.05, 0) is 185 Å². The van der Waals surface area contributed by atoms with Crippen LogP contribution in [0.25, 0.3) is 84.3 Å². The fourth-order valence-electron chi connectivity index (χ4n) is 10.0. The molecule has 2 aliphatic rings. The van der Waals surface area contributed by atoms with Gasteiger partial charge in [-0.15, -0.1) is 0 Å². The summed E-state index contributed by atoms with van der Waals surface area (Å²) in [5, 5.41) is 10.8. The molecule has 2 fully saturated rings. The van der Waals surface area contributed by atoms with E-state index in [9.17, 15) is 5.11 Å². The van der Waals surface area contributed by atoms with E-state index in [1.54, 1.807) is 21.3 Å². The van der Waals surface area contributed by atoms with Gasteiger partial charge in [0.25, 0.3) is 0 Å². The molecule has 15 heteroatoms. The molecule has 1 N–H and O–H groups in total. The summed E-state index contributed by atoms with van der Waals surface area (Å²) in [5.74, 6) is 2.22. The number of rotatable bonds is 12. The van der Waals surface area contributed by atoms with E-state index in [-0.39, 0.29) is 0 Å². The summed E-state index contributed by atoms with van der Waals surface area (Å²) >= 11 is 0. The third kappa shape index (κ3) is 8.90. The van der Waals surface area contributed by atoms with E-state index in [0.717, 1.165) is 101 Å². The van der Waals surface area contributed by atoms with E-state index in [1.165, 1.54) is 0 Å². The van der Waals surface area contributed by atoms with Gasteiger partial charge in [0.2, 0.25) is 0 Å². The average Bonchev–Trinajstić information content (AvgIpc) is 4.41. The molecule has 12 nitrogen and oxygen atoms in total. The van der Waals surface area contributed by atoms with Crippen LogP contribution in [0.15, 0.2) is 164 Å². The molecular formula is C63H64B3N6O6. The fraction of sp³-hybridized carbons (Fsp3) is 0.286. The number of imidazole rings is 3. The molecule has 0 amide bonds. The van der Waals surface area contributed by atoms with Crippen molar-refractivity contribution in [3.8, 4) is 51.2 Å². The third-order valence-electron chi connectivity index (χ3n) is 16.9. The van der Waals surface area contributed by atoms with Gasteiger partial charge in [0.1, 0.15) is 17.5 Å². The van der Waals surface area contributed by atoms with E-state index in [4.69, 9.17) is 38.2 Å². The van der Waals surface area contributed by atoms with Crippen LogP contribution in [-0.2, 0) is 23.3 Å². The smallest absolute Gasteiger partial charge is 0.427 e. The molecule has 0 atom stereocenters. The molecule has 2 saturated heterocycles. The van der Waals surface area contributed by atoms with Crippen molar-refractivity contribution in [2.24, 2.45) is 0 Å². The second-order valence-corrected chi connectivity index (χ2v) is 23.8. The number of aliphatic hydroxyl groups is 1. The minimum atomic E-state index is -1.06. The summed E-state index contributed by atoms with van der Waals surface area (Å²) in [7, 11) is 0.697. The van der Waals surface area contributed by atoms with E-state index in [1.807, 2.05) is 56.3 Å². The van der Waals surface area contributed by atoms with Crippen molar-refractivity contribution in [3.05, 3.63) is 164 Å². The van der Waals surface area contributed by atoms with Gasteiger partial charge in [-0.25, -0.2) is 15.0 Å². The van der Waals surface area contributed by atoms with Gasteiger partial charge in [-0.2, -0.15) is 0 Å². The number of fused-ring (bicyclic) bond motifs is 3. The predicted octanol–water partition coefficient (Wildman–Crippen LogP) is 11.1. The molecule has 0 unspecified atom stereocenters. The average molecular weight is 1030 g/mol. The van der Waals surface area contributed by atoms with Gasteiger partial charge in [0, 0.05) is 33.8 Å². The molecule has 5 heterocycles. The van der Waals surface area contributed by atoms with Crippen molar-refractivity contribution < 1.29 is 28.4 Å². The highest BCUT2D eigenvalue weighted by atomic mass is 16.7. The van der Waals surface area contributed by atoms with Gasteiger partial charge in [-0.3, -0.25) is 13.7 Å². The van der Waals surface area contributed by atoms with Gasteiger partial charge >= 0.3 is 21.7 Å². The van der Waals surface area contributed by atoms with Crippen LogP contribution in [0.1, 0.15) is 83.1 Å². The summed E-state index contributed by atoms with van der Waals surface area (Å²) in [6, 6.07) is 56.3. The lowest BCUT2D eigenvalue weighted by molar-refractivity contribution is -0.0893. The Bertz CT molecular complexity index is 3700. The van der Waals surface area contributed by atoms with Crippen LogP contribution in [-0.4, -0.2) is 89.1 Å². The Balaban J connectivity index is 1.04. The predicted molar refractivity (Wildman–Crippen MR) is 315 cm³/mol. The monoisotopic (exact) mass is 1030 g/mol. The standard InChI is InChI=1S/C63H64B3N6O6/c1-58(2,73)59(3,4)74-64-43-25-31-46(32-26-43)70-52-22-16-13-19-49(52)67-55(70)40-37-41(56-68-50-20-14-17-23-53(50)71(56)47-33-27-44(28-34-47)65-75-60(5,6)61(7,8)76-65)39-42(38-40)57-69-51-21-15-18-24-54(51)72(57)48-35-29-45(30-36-48)66-77-62(9,10)63(11,12)78-66/h13-39,73H,1-12H3. The number of hydrogen-bond acceptors (Lipinski definition) is 9. The van der Waals surface area contributed by atoms with Gasteiger partial charge in [0.05, 0.1) is 66.7 Å². The summed E-state index contributed by atoms with van der Waals surface area (Å²) in [4.78, 5) is 16.3. The first-order valence-electron chi connectivity index (χ1n) is 26.8. The Hall–Kier alpha value is -7.10. The third-order valence-corrected chi connectivity index (χ3v) is 16.9. The molecule has 2 aliphatic heterocycles. The quantitative estimate of drug-likeness (QED) is 0.119. The molecule has 10 aromatic rings. The lowest BCUT2D eigenvalue weighted by Crippen LogP contribution is -2.49. The van der Waals surface area contributed by atoms with Gasteiger partial charge in [0.15, 0.2) is 0 Å². The van der Waals surface area contributed by atoms with Crippen LogP contribution >= 0.6 is 0 Å². The molecule has 0 spiro atoms. The molecule has 391 valence electrons. The Morgan fingerprint density at radius 2 is 0.731 bits per heavy atom. The molecule has 78 heavy (non-hydrogen) atoms. The topological polar surface area (TPSA) is 120 Å². The van der Waals surface area contributed by atoms with Crippen LogP contribution in [0.5, 0.6) is 0 Å². The first-order valence-corrected chi connectivity index (χ1v) is 26.8. The molecule has 12 rings (SSSR count). The number of benzene rings is 7. The number of para-hydroxylation sites is 6. The highest BCUT2D eigenvalue weighted by Crippen LogP contribution is 2.41. The number of nitrogens with zero attached hydrogens (tertiary/aromatic N) is 6. The largest absolute Gasteiger partial charge is 0.494 e. The fourth-order valence-corrected chi connectivity index (χ4v) is 10.0. The SMILES string of the molecule is CC(C)(O)C(C)(C)O[B]c1ccc(-n2c(-c3cc(-c4nc5ccccc5n4-c4ccc(B5OC(C)(C)C(C)(C)O5)cc4)cc(-c4nc5ccccc5n4-c4ccc(B5OC(C)(C)C(C)(C)O5)cc4)c3)nc3ccccc32)cc1. The Morgan fingerprint density at radius 1 is 0.436 bits per heavy atom. The second kappa shape index (κ2) is 18.5. The molecule has 0 saturated carbocycles. The lowest BCUT2D eigenvalue weighted by Gasteiger charge is -2.37. The highest BCUT2D eigenvalue weighted by molar-refractivity contribution is 6.62. The second-order valence-electron chi connectivity index (χ2n) is 23.8. The molecule has 0 bridgehead atoms. The summed E-state index contributed by atoms with van der Waals surface area (Å²) in [6.45, 7) is 23.9. The van der Waals surface area contributed by atoms with Gasteiger partial charge in [-0.1, -0.05) is 78.3 Å². The van der Waals surface area contributed by atoms with E-state index < -0.39 is 47.8 Å². The summed E-state index contributed by atoms with van der Waals surface area (Å²) in [6.07, 6.45) is 0. The first-order chi connectivity index (χ1) is 37.0. The maximum atomic E-state index is 10.8. The summed E-state index contributed by atoms with van der Waals surface area (Å²) in [5.41, 5.74) is 9.69. The summed E-state index contributed by atoms with van der Waals surface area (Å²) < 4.78 is 38.7. The number of hydrogen-bond donors (Lipinski definition) is 1. The maximum Gasteiger partial charge on any atom is 0.494 e. The molecular weight excluding hydrogens is 969 g/mol. The van der Waals surface area contributed by atoms with Crippen molar-refractivity contribution >= 4 is 71.2 Å². The Morgan fingerprint density at radius 3 is 1.04 bits per heavy atom. The minimum absolute atomic E-state index is 0.474. The number of aromatic nitrogens is 6. The maximum absolute atomic E-state index is 10.8. The zero-order valence-electron chi connectivity index (χ0n) is 46.5. The van der Waals surface area contributed by atoms with Crippen molar-refractivity contribution in [2.45, 2.75) is 117 Å². The molecule has 7 aromatic carbocycles. The van der Waals surface area contributed by atoms with Gasteiger partial charge < -0.3 is 28.4 Å². The van der Waals surface area contributed by atoms with Crippen molar-refractivity contribution in [2.75, 3.05) is 0 Å². The van der Waals surface area contributed by atoms with Crippen molar-refractivity contribution in [1.82, 2.24) is 28.7 Å². The minimum Gasteiger partial charge on any atom is -0.427 e. The van der Waals surface area contributed by atoms with E-state index in [2.05, 4.69) is 190 Å². The normalized spacial score (nSPS) is 17.0. The van der Waals surface area contributed by atoms with Crippen LogP contribution in [0.2, 0.25) is 0 Å². The zero-order valence-corrected chi connectivity index (χ0v) is 46.5. The van der Waals surface area contributed by atoms with Crippen LogP contribution in [0, 0.1) is 0 Å². The van der Waals surface area contributed by atoms with Crippen molar-refractivity contribution in [3.63, 3.8) is 0 Å². The molecule has 1 radical (unpaired) electrons. The van der Waals surface area contributed by atoms with Crippen molar-refractivity contribution in [1.29, 1.82) is 0 Å². The Labute approximate surface area is 457 Å². The Kier molecular flexibility index (Phi) is 12.3. The first kappa shape index (κ1) is 51.7. The zero-order chi connectivity index (χ0) is 54.7.